The zero-order valence-corrected chi connectivity index (χ0v) is 15.0. The number of phenols is 1. The SMILES string of the molecule is CC(C)(C)N=Nc1cc(C(C)(C)C)c(O)c(C(C)(C)C)c1. The van der Waals surface area contributed by atoms with E-state index >= 15 is 0 Å². The number of rotatable bonds is 1. The summed E-state index contributed by atoms with van der Waals surface area (Å²) in [6.07, 6.45) is 0. The minimum Gasteiger partial charge on any atom is -0.507 e. The van der Waals surface area contributed by atoms with Crippen LogP contribution in [0.2, 0.25) is 0 Å². The van der Waals surface area contributed by atoms with Gasteiger partial charge in [-0.1, -0.05) is 41.5 Å². The topological polar surface area (TPSA) is 45.0 Å². The molecule has 0 fully saturated rings. The molecule has 3 heteroatoms. The molecule has 0 aromatic heterocycles. The third-order valence-electron chi connectivity index (χ3n) is 3.18. The molecule has 1 aromatic rings. The van der Waals surface area contributed by atoms with Crippen LogP contribution >= 0.6 is 0 Å². The second-order valence-electron chi connectivity index (χ2n) is 8.76. The highest BCUT2D eigenvalue weighted by Gasteiger charge is 2.26. The van der Waals surface area contributed by atoms with Crippen LogP contribution in [0, 0.1) is 0 Å². The zero-order valence-electron chi connectivity index (χ0n) is 15.0. The molecule has 0 aliphatic heterocycles. The lowest BCUT2D eigenvalue weighted by Gasteiger charge is -2.27. The molecule has 21 heavy (non-hydrogen) atoms. The van der Waals surface area contributed by atoms with Gasteiger partial charge in [0, 0.05) is 11.1 Å². The van der Waals surface area contributed by atoms with Crippen LogP contribution in [0.4, 0.5) is 5.69 Å². The summed E-state index contributed by atoms with van der Waals surface area (Å²) in [4.78, 5) is 0. The van der Waals surface area contributed by atoms with E-state index in [4.69, 9.17) is 0 Å². The van der Waals surface area contributed by atoms with Crippen molar-refractivity contribution in [3.8, 4) is 5.75 Å². The molecule has 0 radical (unpaired) electrons. The Bertz CT molecular complexity index is 503. The van der Waals surface area contributed by atoms with Gasteiger partial charge in [0.25, 0.3) is 0 Å². The summed E-state index contributed by atoms with van der Waals surface area (Å²) in [7, 11) is 0. The van der Waals surface area contributed by atoms with Crippen LogP contribution in [0.15, 0.2) is 22.4 Å². The third kappa shape index (κ3) is 4.83. The van der Waals surface area contributed by atoms with E-state index in [1.165, 1.54) is 0 Å². The van der Waals surface area contributed by atoms with Crippen molar-refractivity contribution in [3.63, 3.8) is 0 Å². The van der Waals surface area contributed by atoms with Crippen LogP contribution in [0.1, 0.15) is 73.4 Å². The maximum atomic E-state index is 10.6. The van der Waals surface area contributed by atoms with E-state index in [0.29, 0.717) is 5.75 Å². The molecule has 0 spiro atoms. The summed E-state index contributed by atoms with van der Waals surface area (Å²) >= 11 is 0. The molecular formula is C18H30N2O. The molecular weight excluding hydrogens is 260 g/mol. The molecule has 0 atom stereocenters. The highest BCUT2D eigenvalue weighted by atomic mass is 16.3. The molecule has 3 nitrogen and oxygen atoms in total. The molecule has 0 amide bonds. The Balaban J connectivity index is 3.52. The predicted molar refractivity (Wildman–Crippen MR) is 89.8 cm³/mol. The summed E-state index contributed by atoms with van der Waals surface area (Å²) in [5.41, 5.74) is 2.14. The van der Waals surface area contributed by atoms with Crippen molar-refractivity contribution in [2.75, 3.05) is 0 Å². The van der Waals surface area contributed by atoms with Gasteiger partial charge in [0.1, 0.15) is 5.75 Å². The van der Waals surface area contributed by atoms with Crippen LogP contribution in [0.3, 0.4) is 0 Å². The fourth-order valence-electron chi connectivity index (χ4n) is 2.03. The average molecular weight is 290 g/mol. The number of nitrogens with zero attached hydrogens (tertiary/aromatic N) is 2. The van der Waals surface area contributed by atoms with E-state index in [-0.39, 0.29) is 16.4 Å². The van der Waals surface area contributed by atoms with Crippen LogP contribution < -0.4 is 0 Å². The van der Waals surface area contributed by atoms with E-state index < -0.39 is 0 Å². The van der Waals surface area contributed by atoms with Crippen molar-refractivity contribution in [3.05, 3.63) is 23.3 Å². The maximum Gasteiger partial charge on any atom is 0.123 e. The first kappa shape index (κ1) is 17.7. The lowest BCUT2D eigenvalue weighted by molar-refractivity contribution is 0.423. The normalized spacial score (nSPS) is 14.0. The van der Waals surface area contributed by atoms with E-state index in [1.807, 2.05) is 32.9 Å². The first-order valence-corrected chi connectivity index (χ1v) is 7.53. The predicted octanol–water partition coefficient (Wildman–Crippen LogP) is 5.87. The summed E-state index contributed by atoms with van der Waals surface area (Å²) in [5, 5.41) is 19.4. The van der Waals surface area contributed by atoms with E-state index in [2.05, 4.69) is 51.8 Å². The second-order valence-corrected chi connectivity index (χ2v) is 8.76. The monoisotopic (exact) mass is 290 g/mol. The molecule has 0 saturated heterocycles. The fourth-order valence-corrected chi connectivity index (χ4v) is 2.03. The zero-order chi connectivity index (χ0) is 16.6. The van der Waals surface area contributed by atoms with Gasteiger partial charge in [-0.15, -0.1) is 0 Å². The van der Waals surface area contributed by atoms with Crippen LogP contribution in [0.5, 0.6) is 5.75 Å². The molecule has 0 saturated carbocycles. The Labute approximate surface area is 129 Å². The Kier molecular flexibility index (Phi) is 4.57. The van der Waals surface area contributed by atoms with Crippen molar-refractivity contribution in [1.29, 1.82) is 0 Å². The van der Waals surface area contributed by atoms with Gasteiger partial charge in [0.15, 0.2) is 0 Å². The minimum absolute atomic E-state index is 0.142. The summed E-state index contributed by atoms with van der Waals surface area (Å²) in [5.74, 6) is 0.379. The van der Waals surface area contributed by atoms with Crippen molar-refractivity contribution >= 4 is 5.69 Å². The number of azo groups is 1. The van der Waals surface area contributed by atoms with Gasteiger partial charge in [-0.3, -0.25) is 0 Å². The molecule has 118 valence electrons. The number of aromatic hydroxyl groups is 1. The van der Waals surface area contributed by atoms with Crippen LogP contribution in [-0.2, 0) is 10.8 Å². The van der Waals surface area contributed by atoms with E-state index in [1.54, 1.807) is 0 Å². The van der Waals surface area contributed by atoms with Gasteiger partial charge in [-0.2, -0.15) is 10.2 Å². The molecule has 1 N–H and O–H groups in total. The average Bonchev–Trinajstić information content (AvgIpc) is 2.23. The lowest BCUT2D eigenvalue weighted by Crippen LogP contribution is -2.17. The summed E-state index contributed by atoms with van der Waals surface area (Å²) in [6, 6.07) is 3.89. The third-order valence-corrected chi connectivity index (χ3v) is 3.18. The first-order chi connectivity index (χ1) is 9.22. The van der Waals surface area contributed by atoms with Gasteiger partial charge < -0.3 is 5.11 Å². The van der Waals surface area contributed by atoms with Crippen molar-refractivity contribution < 1.29 is 5.11 Å². The number of hydrogen-bond donors (Lipinski definition) is 1. The van der Waals surface area contributed by atoms with Gasteiger partial charge >= 0.3 is 0 Å². The standard InChI is InChI=1S/C18H30N2O/c1-16(2,3)13-10-12(19-20-18(7,8)9)11-14(15(13)21)17(4,5)6/h10-11,21H,1-9H3. The Morgan fingerprint density at radius 1 is 0.762 bits per heavy atom. The van der Waals surface area contributed by atoms with Crippen molar-refractivity contribution in [1.82, 2.24) is 0 Å². The molecule has 0 aliphatic rings. The largest absolute Gasteiger partial charge is 0.507 e. The highest BCUT2D eigenvalue weighted by Crippen LogP contribution is 2.41. The van der Waals surface area contributed by atoms with E-state index in [9.17, 15) is 5.11 Å². The van der Waals surface area contributed by atoms with E-state index in [0.717, 1.165) is 16.8 Å². The first-order valence-electron chi connectivity index (χ1n) is 7.53. The molecule has 0 heterocycles. The van der Waals surface area contributed by atoms with Crippen molar-refractivity contribution in [2.45, 2.75) is 78.7 Å². The quantitative estimate of drug-likeness (QED) is 0.646. The fraction of sp³-hybridized carbons (Fsp3) is 0.667. The summed E-state index contributed by atoms with van der Waals surface area (Å²) in [6.45, 7) is 18.6. The number of hydrogen-bond acceptors (Lipinski definition) is 3. The molecule has 0 aliphatic carbocycles. The Morgan fingerprint density at radius 2 is 1.14 bits per heavy atom. The smallest absolute Gasteiger partial charge is 0.123 e. The number of benzene rings is 1. The maximum absolute atomic E-state index is 10.6. The van der Waals surface area contributed by atoms with Gasteiger partial charge in [0.05, 0.1) is 11.2 Å². The summed E-state index contributed by atoms with van der Waals surface area (Å²) < 4.78 is 0. The molecule has 1 rings (SSSR count). The Morgan fingerprint density at radius 3 is 1.43 bits per heavy atom. The molecule has 0 bridgehead atoms. The second kappa shape index (κ2) is 5.43. The van der Waals surface area contributed by atoms with Crippen LogP contribution in [-0.4, -0.2) is 10.6 Å². The minimum atomic E-state index is -0.207. The highest BCUT2D eigenvalue weighted by molar-refractivity contribution is 5.56. The number of phenolic OH excluding ortho intramolecular Hbond substituents is 1. The molecule has 1 aromatic carbocycles. The lowest BCUT2D eigenvalue weighted by atomic mass is 9.79. The van der Waals surface area contributed by atoms with Gasteiger partial charge in [-0.25, -0.2) is 0 Å². The van der Waals surface area contributed by atoms with Crippen molar-refractivity contribution in [2.24, 2.45) is 10.2 Å². The Hall–Kier alpha value is -1.38. The van der Waals surface area contributed by atoms with Gasteiger partial charge in [-0.05, 0) is 43.7 Å². The van der Waals surface area contributed by atoms with Gasteiger partial charge in [0.2, 0.25) is 0 Å². The molecule has 0 unspecified atom stereocenters. The van der Waals surface area contributed by atoms with Crippen LogP contribution in [0.25, 0.3) is 0 Å².